The molecular weight excluding hydrogens is 278 g/mol. The van der Waals surface area contributed by atoms with E-state index < -0.39 is 10.0 Å². The number of carbonyl (C=O) groups is 1. The first-order chi connectivity index (χ1) is 9.45. The molecule has 7 heteroatoms. The second-order valence-electron chi connectivity index (χ2n) is 4.97. The molecule has 0 bridgehead atoms. The Morgan fingerprint density at radius 3 is 2.85 bits per heavy atom. The number of carbonyl (C=O) groups excluding carboxylic acids is 1. The monoisotopic (exact) mass is 297 g/mol. The summed E-state index contributed by atoms with van der Waals surface area (Å²) >= 11 is 0. The van der Waals surface area contributed by atoms with E-state index in [1.807, 2.05) is 0 Å². The third kappa shape index (κ3) is 4.29. The predicted molar refractivity (Wildman–Crippen MR) is 76.7 cm³/mol. The van der Waals surface area contributed by atoms with Gasteiger partial charge >= 0.3 is 0 Å². The molecule has 1 fully saturated rings. The van der Waals surface area contributed by atoms with E-state index in [4.69, 9.17) is 5.14 Å². The molecule has 6 nitrogen and oxygen atoms in total. The summed E-state index contributed by atoms with van der Waals surface area (Å²) < 4.78 is 22.5. The summed E-state index contributed by atoms with van der Waals surface area (Å²) in [7, 11) is -3.75. The minimum atomic E-state index is -3.75. The van der Waals surface area contributed by atoms with Gasteiger partial charge in [0.1, 0.15) is 0 Å². The normalized spacial score (nSPS) is 19.6. The molecule has 2 rings (SSSR count). The Bertz CT molecular complexity index is 580. The molecule has 4 N–H and O–H groups in total. The zero-order valence-electron chi connectivity index (χ0n) is 11.1. The van der Waals surface area contributed by atoms with Crippen molar-refractivity contribution in [2.24, 2.45) is 5.14 Å². The summed E-state index contributed by atoms with van der Waals surface area (Å²) in [5.74, 6) is -0.129. The van der Waals surface area contributed by atoms with Crippen LogP contribution >= 0.6 is 0 Å². The van der Waals surface area contributed by atoms with Gasteiger partial charge in [-0.25, -0.2) is 13.6 Å². The zero-order valence-corrected chi connectivity index (χ0v) is 11.9. The molecule has 0 aliphatic carbocycles. The Kier molecular flexibility index (Phi) is 4.74. The predicted octanol–water partition coefficient (Wildman–Crippen LogP) is 0.805. The lowest BCUT2D eigenvalue weighted by Crippen LogP contribution is -2.36. The van der Waals surface area contributed by atoms with Crippen LogP contribution in [0.5, 0.6) is 0 Å². The highest BCUT2D eigenvalue weighted by atomic mass is 32.2. The van der Waals surface area contributed by atoms with Gasteiger partial charge in [-0.15, -0.1) is 0 Å². The smallest absolute Gasteiger partial charge is 0.238 e. The Morgan fingerprint density at radius 1 is 1.40 bits per heavy atom. The minimum Gasteiger partial charge on any atom is -0.326 e. The fourth-order valence-electron chi connectivity index (χ4n) is 2.28. The van der Waals surface area contributed by atoms with Crippen molar-refractivity contribution < 1.29 is 13.2 Å². The quantitative estimate of drug-likeness (QED) is 0.765. The van der Waals surface area contributed by atoms with Gasteiger partial charge in [-0.1, -0.05) is 12.5 Å². The van der Waals surface area contributed by atoms with Crippen LogP contribution in [0.15, 0.2) is 29.2 Å². The summed E-state index contributed by atoms with van der Waals surface area (Å²) in [4.78, 5) is 11.9. The van der Waals surface area contributed by atoms with Crippen molar-refractivity contribution in [2.75, 3.05) is 11.9 Å². The molecule has 1 aromatic carbocycles. The molecule has 1 aliphatic rings. The number of hydrogen-bond donors (Lipinski definition) is 3. The van der Waals surface area contributed by atoms with Crippen molar-refractivity contribution in [2.45, 2.75) is 36.6 Å². The number of anilines is 1. The van der Waals surface area contributed by atoms with Crippen LogP contribution in [0.3, 0.4) is 0 Å². The molecule has 1 aromatic rings. The molecule has 1 unspecified atom stereocenters. The second-order valence-corrected chi connectivity index (χ2v) is 6.53. The van der Waals surface area contributed by atoms with Crippen molar-refractivity contribution in [3.8, 4) is 0 Å². The molecule has 0 radical (unpaired) electrons. The van der Waals surface area contributed by atoms with Crippen molar-refractivity contribution in [1.29, 1.82) is 0 Å². The number of primary sulfonamides is 1. The number of nitrogens with one attached hydrogen (secondary N) is 2. The van der Waals surface area contributed by atoms with Gasteiger partial charge in [0.25, 0.3) is 0 Å². The Hall–Kier alpha value is -1.44. The maximum Gasteiger partial charge on any atom is 0.238 e. The highest BCUT2D eigenvalue weighted by Crippen LogP contribution is 2.15. The number of benzene rings is 1. The summed E-state index contributed by atoms with van der Waals surface area (Å²) in [5, 5.41) is 11.1. The molecule has 0 spiro atoms. The van der Waals surface area contributed by atoms with E-state index in [2.05, 4.69) is 10.6 Å². The van der Waals surface area contributed by atoms with Gasteiger partial charge in [-0.2, -0.15) is 0 Å². The van der Waals surface area contributed by atoms with Crippen LogP contribution in [-0.4, -0.2) is 26.9 Å². The van der Waals surface area contributed by atoms with Crippen LogP contribution in [0.1, 0.15) is 25.7 Å². The maximum atomic E-state index is 11.9. The van der Waals surface area contributed by atoms with E-state index in [-0.39, 0.29) is 16.8 Å². The fraction of sp³-hybridized carbons (Fsp3) is 0.462. The third-order valence-corrected chi connectivity index (χ3v) is 4.20. The van der Waals surface area contributed by atoms with Crippen molar-refractivity contribution in [1.82, 2.24) is 5.32 Å². The number of sulfonamides is 1. The van der Waals surface area contributed by atoms with Crippen LogP contribution in [-0.2, 0) is 14.8 Å². The number of hydrogen-bond acceptors (Lipinski definition) is 4. The van der Waals surface area contributed by atoms with E-state index in [1.54, 1.807) is 12.1 Å². The molecule has 0 saturated carbocycles. The maximum absolute atomic E-state index is 11.9. The number of amides is 1. The molecule has 1 atom stereocenters. The average molecular weight is 297 g/mol. The van der Waals surface area contributed by atoms with Gasteiger partial charge < -0.3 is 10.6 Å². The van der Waals surface area contributed by atoms with E-state index in [0.29, 0.717) is 12.1 Å². The number of piperidine rings is 1. The topological polar surface area (TPSA) is 101 Å². The second kappa shape index (κ2) is 6.34. The summed E-state index contributed by atoms with van der Waals surface area (Å²) in [6, 6.07) is 6.15. The molecule has 1 amide bonds. The van der Waals surface area contributed by atoms with E-state index >= 15 is 0 Å². The lowest BCUT2D eigenvalue weighted by atomic mass is 10.0. The molecular formula is C13H19N3O3S. The van der Waals surface area contributed by atoms with Gasteiger partial charge in [-0.05, 0) is 37.6 Å². The van der Waals surface area contributed by atoms with Crippen LogP contribution in [0.2, 0.25) is 0 Å². The average Bonchev–Trinajstić information content (AvgIpc) is 2.39. The Balaban J connectivity index is 1.97. The third-order valence-electron chi connectivity index (χ3n) is 3.29. The molecule has 110 valence electrons. The van der Waals surface area contributed by atoms with E-state index in [0.717, 1.165) is 25.8 Å². The zero-order chi connectivity index (χ0) is 14.6. The first-order valence-electron chi connectivity index (χ1n) is 6.61. The first-order valence-corrected chi connectivity index (χ1v) is 8.16. The van der Waals surface area contributed by atoms with Crippen molar-refractivity contribution in [3.63, 3.8) is 0 Å². The van der Waals surface area contributed by atoms with Gasteiger partial charge in [0.2, 0.25) is 15.9 Å². The van der Waals surface area contributed by atoms with E-state index in [9.17, 15) is 13.2 Å². The molecule has 0 aromatic heterocycles. The SMILES string of the molecule is NS(=O)(=O)c1cccc(NC(=O)CC2CCCCN2)c1. The summed E-state index contributed by atoms with van der Waals surface area (Å²) in [6.45, 7) is 0.943. The Morgan fingerprint density at radius 2 is 2.20 bits per heavy atom. The lowest BCUT2D eigenvalue weighted by Gasteiger charge is -2.22. The molecule has 1 heterocycles. The molecule has 20 heavy (non-hydrogen) atoms. The van der Waals surface area contributed by atoms with Crippen molar-refractivity contribution >= 4 is 21.6 Å². The fourth-order valence-corrected chi connectivity index (χ4v) is 2.84. The summed E-state index contributed by atoms with van der Waals surface area (Å²) in [6.07, 6.45) is 3.66. The molecule has 1 saturated heterocycles. The van der Waals surface area contributed by atoms with Crippen LogP contribution in [0.25, 0.3) is 0 Å². The highest BCUT2D eigenvalue weighted by molar-refractivity contribution is 7.89. The standard InChI is InChI=1S/C13H19N3O3S/c14-20(18,19)12-6-3-5-11(8-12)16-13(17)9-10-4-1-2-7-15-10/h3,5-6,8,10,15H,1-2,4,7,9H2,(H,16,17)(H2,14,18,19). The van der Waals surface area contributed by atoms with Crippen LogP contribution in [0, 0.1) is 0 Å². The van der Waals surface area contributed by atoms with E-state index in [1.165, 1.54) is 12.1 Å². The summed E-state index contributed by atoms with van der Waals surface area (Å²) in [5.41, 5.74) is 0.442. The minimum absolute atomic E-state index is 0.00825. The van der Waals surface area contributed by atoms with Gasteiger partial charge in [-0.3, -0.25) is 4.79 Å². The van der Waals surface area contributed by atoms with Gasteiger partial charge in [0.05, 0.1) is 4.90 Å². The molecule has 1 aliphatic heterocycles. The van der Waals surface area contributed by atoms with Crippen LogP contribution < -0.4 is 15.8 Å². The van der Waals surface area contributed by atoms with Crippen LogP contribution in [0.4, 0.5) is 5.69 Å². The first kappa shape index (κ1) is 15.0. The highest BCUT2D eigenvalue weighted by Gasteiger charge is 2.16. The number of nitrogens with two attached hydrogens (primary N) is 1. The largest absolute Gasteiger partial charge is 0.326 e. The number of rotatable bonds is 4. The Labute approximate surface area is 118 Å². The van der Waals surface area contributed by atoms with Gasteiger partial charge in [0, 0.05) is 18.2 Å². The lowest BCUT2D eigenvalue weighted by molar-refractivity contribution is -0.116. The van der Waals surface area contributed by atoms with Crippen molar-refractivity contribution in [3.05, 3.63) is 24.3 Å². The van der Waals surface area contributed by atoms with Gasteiger partial charge in [0.15, 0.2) is 0 Å².